The number of pyridine rings is 1. The molecule has 0 bridgehead atoms. The maximum atomic E-state index is 5.89. The van der Waals surface area contributed by atoms with E-state index in [1.165, 1.54) is 4.90 Å². The lowest BCUT2D eigenvalue weighted by Gasteiger charge is -2.17. The molecule has 72 valence electrons. The van der Waals surface area contributed by atoms with Gasteiger partial charge in [-0.2, -0.15) is 0 Å². The van der Waals surface area contributed by atoms with E-state index in [9.17, 15) is 0 Å². The van der Waals surface area contributed by atoms with Gasteiger partial charge >= 0.3 is 0 Å². The van der Waals surface area contributed by atoms with Crippen LogP contribution in [-0.4, -0.2) is 16.3 Å². The smallest absolute Gasteiger partial charge is 0.0508 e. The summed E-state index contributed by atoms with van der Waals surface area (Å²) in [4.78, 5) is 5.44. The lowest BCUT2D eigenvalue weighted by atomic mass is 10.1. The first-order valence-corrected chi connectivity index (χ1v) is 5.31. The third kappa shape index (κ3) is 3.79. The number of rotatable bonds is 3. The van der Waals surface area contributed by atoms with Gasteiger partial charge in [-0.1, -0.05) is 0 Å². The van der Waals surface area contributed by atoms with Crippen molar-refractivity contribution in [1.29, 1.82) is 0 Å². The summed E-state index contributed by atoms with van der Waals surface area (Å²) in [7, 11) is 0. The van der Waals surface area contributed by atoms with Crippen LogP contribution in [0.5, 0.6) is 0 Å². The fourth-order valence-electron chi connectivity index (χ4n) is 0.886. The van der Waals surface area contributed by atoms with Crippen molar-refractivity contribution < 1.29 is 0 Å². The summed E-state index contributed by atoms with van der Waals surface area (Å²) in [6.07, 6.45) is 1.81. The predicted octanol–water partition coefficient (Wildman–Crippen LogP) is 2.22. The predicted molar refractivity (Wildman–Crippen MR) is 58.0 cm³/mol. The fourth-order valence-corrected chi connectivity index (χ4v) is 1.85. The van der Waals surface area contributed by atoms with Crippen LogP contribution in [0.4, 0.5) is 0 Å². The Hall–Kier alpha value is -0.540. The first kappa shape index (κ1) is 10.5. The maximum absolute atomic E-state index is 5.89. The van der Waals surface area contributed by atoms with Crippen LogP contribution in [0.2, 0.25) is 0 Å². The van der Waals surface area contributed by atoms with E-state index in [0.717, 1.165) is 11.4 Å². The standard InChI is InChI=1S/C10H16N2S/c1-8-9(5-4-6-12-8)13-7-10(2,3)11/h4-6H,7,11H2,1-3H3. The minimum absolute atomic E-state index is 0.118. The summed E-state index contributed by atoms with van der Waals surface area (Å²) in [5.41, 5.74) is 6.85. The minimum Gasteiger partial charge on any atom is -0.325 e. The SMILES string of the molecule is Cc1ncccc1SCC(C)(C)N. The van der Waals surface area contributed by atoms with Crippen molar-refractivity contribution in [3.63, 3.8) is 0 Å². The summed E-state index contributed by atoms with van der Waals surface area (Å²) in [5.74, 6) is 0.916. The van der Waals surface area contributed by atoms with Crippen LogP contribution in [0.3, 0.4) is 0 Å². The summed E-state index contributed by atoms with van der Waals surface area (Å²) in [5, 5.41) is 0. The van der Waals surface area contributed by atoms with Gasteiger partial charge in [0.2, 0.25) is 0 Å². The third-order valence-electron chi connectivity index (χ3n) is 1.56. The molecule has 0 atom stereocenters. The highest BCUT2D eigenvalue weighted by molar-refractivity contribution is 7.99. The van der Waals surface area contributed by atoms with Gasteiger partial charge in [0, 0.05) is 22.4 Å². The topological polar surface area (TPSA) is 38.9 Å². The molecule has 2 nitrogen and oxygen atoms in total. The molecule has 0 aliphatic rings. The van der Waals surface area contributed by atoms with Gasteiger partial charge in [-0.3, -0.25) is 4.98 Å². The van der Waals surface area contributed by atoms with Gasteiger partial charge in [0.05, 0.1) is 5.69 Å². The largest absolute Gasteiger partial charge is 0.325 e. The van der Waals surface area contributed by atoms with E-state index in [4.69, 9.17) is 5.73 Å². The fraction of sp³-hybridized carbons (Fsp3) is 0.500. The Kier molecular flexibility index (Phi) is 3.33. The normalized spacial score (nSPS) is 11.7. The van der Waals surface area contributed by atoms with Crippen LogP contribution in [0.25, 0.3) is 0 Å². The average molecular weight is 196 g/mol. The number of thioether (sulfide) groups is 1. The molecule has 0 radical (unpaired) electrons. The molecular weight excluding hydrogens is 180 g/mol. The van der Waals surface area contributed by atoms with Gasteiger partial charge in [0.25, 0.3) is 0 Å². The number of nitrogens with zero attached hydrogens (tertiary/aromatic N) is 1. The molecule has 0 fully saturated rings. The molecule has 1 heterocycles. The van der Waals surface area contributed by atoms with Crippen LogP contribution in [-0.2, 0) is 0 Å². The van der Waals surface area contributed by atoms with Crippen molar-refractivity contribution in [3.8, 4) is 0 Å². The van der Waals surface area contributed by atoms with Crippen molar-refractivity contribution in [2.24, 2.45) is 5.73 Å². The maximum Gasteiger partial charge on any atom is 0.0508 e. The summed E-state index contributed by atoms with van der Waals surface area (Å²) >= 11 is 1.77. The van der Waals surface area contributed by atoms with Gasteiger partial charge in [-0.05, 0) is 32.9 Å². The average Bonchev–Trinajstić information content (AvgIpc) is 2.01. The summed E-state index contributed by atoms with van der Waals surface area (Å²) in [6.45, 7) is 6.09. The highest BCUT2D eigenvalue weighted by atomic mass is 32.2. The highest BCUT2D eigenvalue weighted by Gasteiger charge is 2.11. The van der Waals surface area contributed by atoms with Gasteiger partial charge in [-0.15, -0.1) is 11.8 Å². The molecule has 3 heteroatoms. The van der Waals surface area contributed by atoms with Gasteiger partial charge < -0.3 is 5.73 Å². The summed E-state index contributed by atoms with van der Waals surface area (Å²) < 4.78 is 0. The first-order chi connectivity index (χ1) is 5.99. The Bertz CT molecular complexity index is 278. The molecule has 13 heavy (non-hydrogen) atoms. The van der Waals surface area contributed by atoms with Crippen LogP contribution in [0.15, 0.2) is 23.2 Å². The van der Waals surface area contributed by atoms with Crippen LogP contribution in [0.1, 0.15) is 19.5 Å². The lowest BCUT2D eigenvalue weighted by molar-refractivity contribution is 0.591. The molecule has 0 aliphatic heterocycles. The number of nitrogens with two attached hydrogens (primary N) is 1. The monoisotopic (exact) mass is 196 g/mol. The molecule has 0 amide bonds. The van der Waals surface area contributed by atoms with Crippen molar-refractivity contribution in [1.82, 2.24) is 4.98 Å². The van der Waals surface area contributed by atoms with Gasteiger partial charge in [0.15, 0.2) is 0 Å². The molecule has 0 saturated carbocycles. The van der Waals surface area contributed by atoms with Crippen molar-refractivity contribution in [3.05, 3.63) is 24.0 Å². The minimum atomic E-state index is -0.118. The van der Waals surface area contributed by atoms with Gasteiger partial charge in [0.1, 0.15) is 0 Å². The molecule has 0 aromatic carbocycles. The molecule has 0 aliphatic carbocycles. The molecule has 0 unspecified atom stereocenters. The Balaban J connectivity index is 2.60. The lowest BCUT2D eigenvalue weighted by Crippen LogP contribution is -2.34. The molecule has 1 aromatic rings. The van der Waals surface area contributed by atoms with E-state index in [-0.39, 0.29) is 5.54 Å². The number of hydrogen-bond donors (Lipinski definition) is 1. The molecule has 1 aromatic heterocycles. The second kappa shape index (κ2) is 4.11. The zero-order valence-corrected chi connectivity index (χ0v) is 9.19. The van der Waals surface area contributed by atoms with E-state index in [0.29, 0.717) is 0 Å². The number of aromatic nitrogens is 1. The van der Waals surface area contributed by atoms with Crippen molar-refractivity contribution >= 4 is 11.8 Å². The Morgan fingerprint density at radius 1 is 1.54 bits per heavy atom. The van der Waals surface area contributed by atoms with Crippen LogP contribution >= 0.6 is 11.8 Å². The second-order valence-corrected chi connectivity index (χ2v) is 4.88. The van der Waals surface area contributed by atoms with Crippen molar-refractivity contribution in [2.75, 3.05) is 5.75 Å². The molecular formula is C10H16N2S. The Labute approximate surface area is 83.9 Å². The molecule has 0 saturated heterocycles. The Morgan fingerprint density at radius 2 is 2.23 bits per heavy atom. The van der Waals surface area contributed by atoms with E-state index in [1.54, 1.807) is 11.8 Å². The van der Waals surface area contributed by atoms with Crippen molar-refractivity contribution in [2.45, 2.75) is 31.2 Å². The molecule has 0 spiro atoms. The zero-order valence-electron chi connectivity index (χ0n) is 8.37. The Morgan fingerprint density at radius 3 is 2.77 bits per heavy atom. The van der Waals surface area contributed by atoms with E-state index >= 15 is 0 Å². The number of hydrogen-bond acceptors (Lipinski definition) is 3. The molecule has 1 rings (SSSR count). The van der Waals surface area contributed by atoms with Gasteiger partial charge in [-0.25, -0.2) is 0 Å². The van der Waals surface area contributed by atoms with E-state index < -0.39 is 0 Å². The zero-order chi connectivity index (χ0) is 9.90. The quantitative estimate of drug-likeness (QED) is 0.753. The van der Waals surface area contributed by atoms with E-state index in [2.05, 4.69) is 11.1 Å². The third-order valence-corrected chi connectivity index (χ3v) is 3.19. The van der Waals surface area contributed by atoms with E-state index in [1.807, 2.05) is 33.0 Å². The van der Waals surface area contributed by atoms with Crippen LogP contribution < -0.4 is 5.73 Å². The highest BCUT2D eigenvalue weighted by Crippen LogP contribution is 2.22. The molecule has 2 N–H and O–H groups in total. The number of aryl methyl sites for hydroxylation is 1. The van der Waals surface area contributed by atoms with Crippen LogP contribution in [0, 0.1) is 6.92 Å². The second-order valence-electron chi connectivity index (χ2n) is 3.86. The first-order valence-electron chi connectivity index (χ1n) is 4.32. The summed E-state index contributed by atoms with van der Waals surface area (Å²) in [6, 6.07) is 4.04.